The number of benzene rings is 1. The van der Waals surface area contributed by atoms with Crippen LogP contribution in [0.2, 0.25) is 4.82 Å². The molecule has 0 bridgehead atoms. The number of hydrogen-bond donors (Lipinski definition) is 1. The topological polar surface area (TPSA) is 15.8 Å². The third-order valence-corrected chi connectivity index (χ3v) is 5.98. The van der Waals surface area contributed by atoms with E-state index in [4.69, 9.17) is 0 Å². The molecule has 1 saturated carbocycles. The van der Waals surface area contributed by atoms with Gasteiger partial charge in [-0.05, 0) is 0 Å². The van der Waals surface area contributed by atoms with Gasteiger partial charge in [-0.3, -0.25) is 0 Å². The van der Waals surface area contributed by atoms with Crippen LogP contribution in [0.4, 0.5) is 0 Å². The molecule has 1 N–H and O–H groups in total. The van der Waals surface area contributed by atoms with Crippen LogP contribution in [-0.4, -0.2) is 19.9 Å². The number of H-pyrrole nitrogens is 1. The fraction of sp³-hybridized carbons (Fsp3) is 0.357. The van der Waals surface area contributed by atoms with Crippen molar-refractivity contribution >= 4 is 30.3 Å². The van der Waals surface area contributed by atoms with Gasteiger partial charge in [-0.15, -0.1) is 0 Å². The first-order valence-corrected chi connectivity index (χ1v) is 7.84. The molecule has 83 valence electrons. The average molecular weight is 277 g/mol. The Balaban J connectivity index is 1.83. The second kappa shape index (κ2) is 4.65. The molecule has 16 heavy (non-hydrogen) atoms. The van der Waals surface area contributed by atoms with E-state index < -0.39 is 0 Å². The van der Waals surface area contributed by atoms with Crippen molar-refractivity contribution in [1.29, 1.82) is 0 Å². The summed E-state index contributed by atoms with van der Waals surface area (Å²) in [6, 6.07) is 8.65. The summed E-state index contributed by atoms with van der Waals surface area (Å²) < 4.78 is 1.55. The van der Waals surface area contributed by atoms with Gasteiger partial charge in [0.15, 0.2) is 0 Å². The first-order chi connectivity index (χ1) is 7.93. The number of aromatic nitrogens is 1. The van der Waals surface area contributed by atoms with Gasteiger partial charge in [0, 0.05) is 0 Å². The van der Waals surface area contributed by atoms with E-state index in [2.05, 4.69) is 41.9 Å². The first-order valence-electron chi connectivity index (χ1n) is 5.99. The number of fused-ring (bicyclic) bond motifs is 1. The van der Waals surface area contributed by atoms with E-state index in [0.29, 0.717) is 15.0 Å². The number of hydrogen-bond acceptors (Lipinski definition) is 0. The Kier molecular flexibility index (Phi) is 3.03. The number of nitrogens with one attached hydrogen (secondary N) is 1. The van der Waals surface area contributed by atoms with E-state index in [0.717, 1.165) is 4.82 Å². The second-order valence-corrected chi connectivity index (χ2v) is 7.06. The molecule has 1 nitrogen and oxygen atoms in total. The zero-order chi connectivity index (χ0) is 10.8. The Morgan fingerprint density at radius 1 is 1.19 bits per heavy atom. The van der Waals surface area contributed by atoms with Crippen molar-refractivity contribution in [1.82, 2.24) is 4.98 Å². The van der Waals surface area contributed by atoms with Gasteiger partial charge >= 0.3 is 103 Å². The van der Waals surface area contributed by atoms with Crippen LogP contribution in [0.25, 0.3) is 10.9 Å². The van der Waals surface area contributed by atoms with Gasteiger partial charge in [0.25, 0.3) is 0 Å². The zero-order valence-electron chi connectivity index (χ0n) is 9.28. The van der Waals surface area contributed by atoms with Crippen molar-refractivity contribution in [2.45, 2.75) is 30.5 Å². The third-order valence-electron chi connectivity index (χ3n) is 3.20. The summed E-state index contributed by atoms with van der Waals surface area (Å²) in [7, 11) is 0. The summed E-state index contributed by atoms with van der Waals surface area (Å²) in [5.74, 6) is 0. The van der Waals surface area contributed by atoms with E-state index in [1.165, 1.54) is 36.6 Å². The van der Waals surface area contributed by atoms with Crippen LogP contribution >= 0.6 is 0 Å². The van der Waals surface area contributed by atoms with Crippen LogP contribution in [0.15, 0.2) is 30.5 Å². The molecular formula is C14H16NSe. The Morgan fingerprint density at radius 3 is 3.00 bits per heavy atom. The molecule has 1 atom stereocenters. The van der Waals surface area contributed by atoms with Crippen LogP contribution in [0.5, 0.6) is 0 Å². The van der Waals surface area contributed by atoms with E-state index in [1.54, 1.807) is 4.46 Å². The first kappa shape index (κ1) is 10.4. The summed E-state index contributed by atoms with van der Waals surface area (Å²) in [6.07, 6.45) is 10.3. The number of para-hydroxylation sites is 1. The molecule has 1 heterocycles. The van der Waals surface area contributed by atoms with Gasteiger partial charge in [-0.1, -0.05) is 0 Å². The molecule has 0 spiro atoms. The summed E-state index contributed by atoms with van der Waals surface area (Å²) in [6.45, 7) is 0. The predicted octanol–water partition coefficient (Wildman–Crippen LogP) is 3.06. The number of aromatic amines is 1. The zero-order valence-corrected chi connectivity index (χ0v) is 11.0. The van der Waals surface area contributed by atoms with E-state index >= 15 is 0 Å². The molecule has 1 aromatic carbocycles. The van der Waals surface area contributed by atoms with Crippen LogP contribution in [0.3, 0.4) is 0 Å². The van der Waals surface area contributed by atoms with Crippen molar-refractivity contribution in [3.8, 4) is 0 Å². The van der Waals surface area contributed by atoms with Crippen molar-refractivity contribution in [3.05, 3.63) is 36.9 Å². The summed E-state index contributed by atoms with van der Waals surface area (Å²) in [4.78, 5) is 4.24. The van der Waals surface area contributed by atoms with Gasteiger partial charge < -0.3 is 0 Å². The monoisotopic (exact) mass is 278 g/mol. The number of rotatable bonds is 2. The van der Waals surface area contributed by atoms with Crippen molar-refractivity contribution in [3.63, 3.8) is 0 Å². The summed E-state index contributed by atoms with van der Waals surface area (Å²) in [5.41, 5.74) is 1.29. The molecule has 1 radical (unpaired) electrons. The van der Waals surface area contributed by atoms with E-state index in [9.17, 15) is 0 Å². The minimum absolute atomic E-state index is 0.611. The second-order valence-electron chi connectivity index (χ2n) is 4.37. The molecule has 1 aliphatic rings. The maximum absolute atomic E-state index is 3.38. The van der Waals surface area contributed by atoms with Crippen molar-refractivity contribution in [2.75, 3.05) is 0 Å². The molecule has 0 aliphatic heterocycles. The quantitative estimate of drug-likeness (QED) is 0.812. The molecular weight excluding hydrogens is 261 g/mol. The van der Waals surface area contributed by atoms with Crippen LogP contribution in [0.1, 0.15) is 25.7 Å². The summed E-state index contributed by atoms with van der Waals surface area (Å²) >= 11 is 0.611. The molecule has 1 aliphatic carbocycles. The minimum atomic E-state index is 0.611. The average Bonchev–Trinajstić information content (AvgIpc) is 2.74. The third kappa shape index (κ3) is 2.05. The fourth-order valence-electron chi connectivity index (χ4n) is 2.32. The Labute approximate surface area is 103 Å². The molecule has 1 fully saturated rings. The van der Waals surface area contributed by atoms with Crippen LogP contribution in [0, 0.1) is 6.42 Å². The van der Waals surface area contributed by atoms with E-state index in [1.807, 2.05) is 0 Å². The maximum atomic E-state index is 3.38. The normalized spacial score (nSPS) is 18.0. The molecule has 3 rings (SSSR count). The van der Waals surface area contributed by atoms with Gasteiger partial charge in [0.05, 0.1) is 0 Å². The molecule has 1 aromatic heterocycles. The van der Waals surface area contributed by atoms with Gasteiger partial charge in [0.2, 0.25) is 0 Å². The standard InChI is InChI=1S/C14H16NSe/c1-2-6-11(7-3-1)16-14-10-15-13-9-5-4-8-12(13)14/h4-6,8-11,15H,1-3,7H2. The molecule has 1 unspecified atom stereocenters. The van der Waals surface area contributed by atoms with Gasteiger partial charge in [-0.25, -0.2) is 0 Å². The molecule has 2 aromatic rings. The SMILES string of the molecule is [CH]1CCCCC1[Se]c1c[nH]c2ccccc12. The van der Waals surface area contributed by atoms with Crippen molar-refractivity contribution < 1.29 is 0 Å². The fourth-order valence-corrected chi connectivity index (χ4v) is 5.00. The Hall–Kier alpha value is -0.721. The molecule has 2 heteroatoms. The molecule has 0 saturated heterocycles. The predicted molar refractivity (Wildman–Crippen MR) is 70.2 cm³/mol. The van der Waals surface area contributed by atoms with E-state index in [-0.39, 0.29) is 0 Å². The van der Waals surface area contributed by atoms with Crippen LogP contribution < -0.4 is 4.46 Å². The van der Waals surface area contributed by atoms with Crippen molar-refractivity contribution in [2.24, 2.45) is 0 Å². The Morgan fingerprint density at radius 2 is 2.12 bits per heavy atom. The molecule has 0 amide bonds. The van der Waals surface area contributed by atoms with Gasteiger partial charge in [0.1, 0.15) is 0 Å². The van der Waals surface area contributed by atoms with Gasteiger partial charge in [-0.2, -0.15) is 0 Å². The Bertz CT molecular complexity index is 468. The van der Waals surface area contributed by atoms with Crippen LogP contribution in [-0.2, 0) is 0 Å². The summed E-state index contributed by atoms with van der Waals surface area (Å²) in [5, 5.41) is 1.43.